The fraction of sp³-hybridized carbons (Fsp3) is 0.281. The van der Waals surface area contributed by atoms with E-state index in [9.17, 15) is 31.1 Å². The first kappa shape index (κ1) is 30.2. The second-order valence-electron chi connectivity index (χ2n) is 10.9. The van der Waals surface area contributed by atoms with Crippen LogP contribution in [0.4, 0.5) is 32.3 Å². The van der Waals surface area contributed by atoms with Crippen molar-refractivity contribution in [1.29, 1.82) is 0 Å². The lowest BCUT2D eigenvalue weighted by molar-refractivity contribution is -0.143. The molecule has 4 heterocycles. The van der Waals surface area contributed by atoms with Gasteiger partial charge in [-0.3, -0.25) is 9.36 Å². The molecule has 0 saturated carbocycles. The average molecular weight is 628 g/mol. The molecule has 1 aliphatic rings. The van der Waals surface area contributed by atoms with E-state index in [2.05, 4.69) is 10.3 Å². The molecule has 13 heteroatoms. The number of hydrogen-bond acceptors (Lipinski definition) is 5. The number of pyridine rings is 1. The number of carbonyl (C=O) groups is 1. The van der Waals surface area contributed by atoms with Crippen molar-refractivity contribution in [3.8, 4) is 0 Å². The Bertz CT molecular complexity index is 1750. The van der Waals surface area contributed by atoms with Gasteiger partial charge in [0.15, 0.2) is 5.65 Å². The molecule has 3 aromatic heterocycles. The van der Waals surface area contributed by atoms with Gasteiger partial charge in [-0.2, -0.15) is 26.3 Å². The van der Waals surface area contributed by atoms with Crippen LogP contribution in [0.5, 0.6) is 0 Å². The zero-order valence-electron chi connectivity index (χ0n) is 23.6. The van der Waals surface area contributed by atoms with Gasteiger partial charge >= 0.3 is 12.4 Å². The highest BCUT2D eigenvalue weighted by molar-refractivity contribution is 5.95. The number of hydrogen-bond donors (Lipinski definition) is 1. The first-order valence-electron chi connectivity index (χ1n) is 14.2. The summed E-state index contributed by atoms with van der Waals surface area (Å²) in [6.45, 7) is 0.451. The predicted octanol–water partition coefficient (Wildman–Crippen LogP) is 7.44. The van der Waals surface area contributed by atoms with E-state index >= 15 is 0 Å². The number of nitrogens with one attached hydrogen (secondary N) is 1. The number of rotatable bonds is 7. The van der Waals surface area contributed by atoms with E-state index in [0.29, 0.717) is 60.8 Å². The molecule has 0 bridgehead atoms. The summed E-state index contributed by atoms with van der Waals surface area (Å²) in [5, 5.41) is 3.46. The van der Waals surface area contributed by atoms with Gasteiger partial charge in [0.1, 0.15) is 11.3 Å². The third-order valence-electron chi connectivity index (χ3n) is 7.86. The van der Waals surface area contributed by atoms with E-state index in [1.807, 2.05) is 47.0 Å². The van der Waals surface area contributed by atoms with E-state index < -0.39 is 41.0 Å². The van der Waals surface area contributed by atoms with Crippen LogP contribution in [-0.4, -0.2) is 44.0 Å². The number of imidazole rings is 1. The summed E-state index contributed by atoms with van der Waals surface area (Å²) in [6.07, 6.45) is -5.82. The lowest BCUT2D eigenvalue weighted by atomic mass is 9.91. The van der Waals surface area contributed by atoms with Crippen molar-refractivity contribution < 1.29 is 35.6 Å². The van der Waals surface area contributed by atoms with Crippen LogP contribution < -0.4 is 5.32 Å². The molecule has 0 unspecified atom stereocenters. The molecule has 1 saturated heterocycles. The summed E-state index contributed by atoms with van der Waals surface area (Å²) in [5.74, 6) is 0.320. The van der Waals surface area contributed by atoms with Crippen LogP contribution in [0.25, 0.3) is 11.2 Å². The Balaban J connectivity index is 1.31. The minimum atomic E-state index is -5.06. The molecule has 6 rings (SSSR count). The molecule has 2 aromatic carbocycles. The number of carbonyl (C=O) groups excluding carboxylic acids is 1. The number of aromatic nitrogens is 3. The van der Waals surface area contributed by atoms with Gasteiger partial charge in [-0.1, -0.05) is 30.3 Å². The largest absolute Gasteiger partial charge is 0.467 e. The van der Waals surface area contributed by atoms with Crippen molar-refractivity contribution >= 4 is 23.0 Å². The Morgan fingerprint density at radius 3 is 2.33 bits per heavy atom. The average Bonchev–Trinajstić information content (AvgIpc) is 3.65. The molecule has 1 aliphatic heterocycles. The minimum Gasteiger partial charge on any atom is -0.467 e. The number of fused-ring (bicyclic) bond motifs is 1. The maximum absolute atomic E-state index is 13.7. The van der Waals surface area contributed by atoms with Gasteiger partial charge in [0.2, 0.25) is 5.95 Å². The molecule has 1 fully saturated rings. The SMILES string of the molecule is O=C(c1cc(C(F)(F)F)cc(C(F)(F)F)c1)N1CC[C@@H](Nc2nc3cccnc3n2Cc2ccco2)C[C@H]1Cc1ccccc1. The molecule has 0 spiro atoms. The maximum atomic E-state index is 13.7. The number of furan rings is 1. The Kier molecular flexibility index (Phi) is 8.02. The Labute approximate surface area is 253 Å². The first-order valence-corrected chi connectivity index (χ1v) is 14.2. The molecule has 5 aromatic rings. The number of likely N-dealkylation sites (tertiary alicyclic amines) is 1. The molecular formula is C32H27F6N5O2. The molecule has 0 radical (unpaired) electrons. The maximum Gasteiger partial charge on any atom is 0.416 e. The molecule has 234 valence electrons. The quantitative estimate of drug-likeness (QED) is 0.190. The number of halogens is 6. The molecule has 7 nitrogen and oxygen atoms in total. The topological polar surface area (TPSA) is 76.2 Å². The number of amides is 1. The highest BCUT2D eigenvalue weighted by atomic mass is 19.4. The lowest BCUT2D eigenvalue weighted by Crippen LogP contribution is -2.50. The van der Waals surface area contributed by atoms with Gasteiger partial charge in [0.25, 0.3) is 5.91 Å². The van der Waals surface area contributed by atoms with Gasteiger partial charge < -0.3 is 14.6 Å². The van der Waals surface area contributed by atoms with Crippen molar-refractivity contribution in [3.05, 3.63) is 113 Å². The second-order valence-corrected chi connectivity index (χ2v) is 10.9. The van der Waals surface area contributed by atoms with Gasteiger partial charge in [-0.15, -0.1) is 0 Å². The molecule has 2 atom stereocenters. The number of alkyl halides is 6. The van der Waals surface area contributed by atoms with Gasteiger partial charge in [-0.05, 0) is 67.3 Å². The third-order valence-corrected chi connectivity index (χ3v) is 7.86. The Hall–Kier alpha value is -4.81. The van der Waals surface area contributed by atoms with E-state index in [1.165, 1.54) is 4.90 Å². The Morgan fingerprint density at radius 1 is 0.933 bits per heavy atom. The number of anilines is 1. The summed E-state index contributed by atoms with van der Waals surface area (Å²) >= 11 is 0. The monoisotopic (exact) mass is 627 g/mol. The molecule has 1 N–H and O–H groups in total. The fourth-order valence-electron chi connectivity index (χ4n) is 5.73. The highest BCUT2D eigenvalue weighted by Gasteiger charge is 2.39. The predicted molar refractivity (Wildman–Crippen MR) is 153 cm³/mol. The third kappa shape index (κ3) is 6.66. The van der Waals surface area contributed by atoms with Crippen molar-refractivity contribution in [2.45, 2.75) is 50.2 Å². The van der Waals surface area contributed by atoms with Crippen LogP contribution >= 0.6 is 0 Å². The lowest BCUT2D eigenvalue weighted by Gasteiger charge is -2.40. The van der Waals surface area contributed by atoms with Crippen LogP contribution in [0.15, 0.2) is 89.7 Å². The van der Waals surface area contributed by atoms with Crippen LogP contribution in [0, 0.1) is 0 Å². The summed E-state index contributed by atoms with van der Waals surface area (Å²) < 4.78 is 88.9. The number of nitrogens with zero attached hydrogens (tertiary/aromatic N) is 4. The molecule has 45 heavy (non-hydrogen) atoms. The van der Waals surface area contributed by atoms with Crippen molar-refractivity contribution in [2.75, 3.05) is 11.9 Å². The number of piperidine rings is 1. The van der Waals surface area contributed by atoms with Gasteiger partial charge in [0, 0.05) is 30.4 Å². The highest BCUT2D eigenvalue weighted by Crippen LogP contribution is 2.37. The van der Waals surface area contributed by atoms with E-state index in [4.69, 9.17) is 9.40 Å². The van der Waals surface area contributed by atoms with Crippen molar-refractivity contribution in [2.24, 2.45) is 0 Å². The fourth-order valence-corrected chi connectivity index (χ4v) is 5.73. The second kappa shape index (κ2) is 11.9. The van der Waals surface area contributed by atoms with E-state index in [-0.39, 0.29) is 18.7 Å². The smallest absolute Gasteiger partial charge is 0.416 e. The van der Waals surface area contributed by atoms with Gasteiger partial charge in [-0.25, -0.2) is 9.97 Å². The normalized spacial score (nSPS) is 17.5. The van der Waals surface area contributed by atoms with Crippen molar-refractivity contribution in [1.82, 2.24) is 19.4 Å². The number of benzene rings is 2. The summed E-state index contributed by atoms with van der Waals surface area (Å²) in [6, 6.07) is 16.7. The first-order chi connectivity index (χ1) is 21.5. The van der Waals surface area contributed by atoms with Crippen molar-refractivity contribution in [3.63, 3.8) is 0 Å². The summed E-state index contributed by atoms with van der Waals surface area (Å²) in [4.78, 5) is 24.3. The Morgan fingerprint density at radius 2 is 1.67 bits per heavy atom. The molecule has 1 amide bonds. The van der Waals surface area contributed by atoms with E-state index in [0.717, 1.165) is 5.56 Å². The van der Waals surface area contributed by atoms with E-state index in [1.54, 1.807) is 24.6 Å². The zero-order valence-corrected chi connectivity index (χ0v) is 23.6. The van der Waals surface area contributed by atoms with Gasteiger partial charge in [0.05, 0.1) is 23.9 Å². The zero-order chi connectivity index (χ0) is 31.8. The van der Waals surface area contributed by atoms with Crippen LogP contribution in [0.1, 0.15) is 45.7 Å². The van der Waals surface area contributed by atoms with Crippen LogP contribution in [0.2, 0.25) is 0 Å². The summed E-state index contributed by atoms with van der Waals surface area (Å²) in [7, 11) is 0. The molecular weight excluding hydrogens is 600 g/mol. The standard InChI is InChI=1S/C32H27F6N5O2/c33-31(34,35)22-15-21(16-23(17-22)32(36,37)38)29(44)42-12-10-24(18-25(42)14-20-6-2-1-3-7-20)40-30-41-27-9-4-11-39-28(27)43(30)19-26-8-5-13-45-26/h1-9,11,13,15-17,24-25H,10,12,14,18-19H2,(H,40,41)/t24-,25-/m1/s1. The minimum absolute atomic E-state index is 0.0258. The molecule has 0 aliphatic carbocycles. The van der Waals surface area contributed by atoms with Crippen LogP contribution in [-0.2, 0) is 25.3 Å². The van der Waals surface area contributed by atoms with Crippen LogP contribution in [0.3, 0.4) is 0 Å². The summed E-state index contributed by atoms with van der Waals surface area (Å²) in [5.41, 5.74) is -1.55.